The lowest BCUT2D eigenvalue weighted by Gasteiger charge is -2.21. The Morgan fingerprint density at radius 3 is 2.84 bits per heavy atom. The van der Waals surface area contributed by atoms with Crippen LogP contribution in [0, 0.1) is 17.8 Å². The molecule has 19 heavy (non-hydrogen) atoms. The molecule has 0 aromatic carbocycles. The van der Waals surface area contributed by atoms with Gasteiger partial charge in [-0.3, -0.25) is 9.78 Å². The third-order valence-electron chi connectivity index (χ3n) is 4.69. The van der Waals surface area contributed by atoms with E-state index in [0.29, 0.717) is 11.8 Å². The number of fused-ring (bicyclic) bond motifs is 1. The predicted octanol–water partition coefficient (Wildman–Crippen LogP) is 1.39. The summed E-state index contributed by atoms with van der Waals surface area (Å²) in [5.41, 5.74) is 0.954. The molecule has 3 aliphatic rings. The molecule has 4 heteroatoms. The smallest absolute Gasteiger partial charge is 0.231 e. The van der Waals surface area contributed by atoms with Crippen LogP contribution >= 0.6 is 0 Å². The normalized spacial score (nSPS) is 30.9. The Balaban J connectivity index is 1.46. The summed E-state index contributed by atoms with van der Waals surface area (Å²) in [5, 5.41) is 0. The Morgan fingerprint density at radius 2 is 2.16 bits per heavy atom. The topological polar surface area (TPSA) is 36.4 Å². The highest BCUT2D eigenvalue weighted by molar-refractivity contribution is 5.97. The fourth-order valence-corrected chi connectivity index (χ4v) is 3.51. The summed E-state index contributed by atoms with van der Waals surface area (Å²) in [5.74, 6) is 1.96. The van der Waals surface area contributed by atoms with Crippen LogP contribution < -0.4 is 4.90 Å². The van der Waals surface area contributed by atoms with Gasteiger partial charge in [0.2, 0.25) is 5.91 Å². The molecule has 1 saturated carbocycles. The Morgan fingerprint density at radius 1 is 1.26 bits per heavy atom. The number of carbonyl (C=O) groups excluding carboxylic acids is 1. The monoisotopic (exact) mass is 257 g/mol. The molecule has 0 radical (unpaired) electrons. The van der Waals surface area contributed by atoms with E-state index < -0.39 is 0 Å². The zero-order valence-corrected chi connectivity index (χ0v) is 11.0. The van der Waals surface area contributed by atoms with Gasteiger partial charge in [-0.15, -0.1) is 0 Å². The minimum absolute atomic E-state index is 0.221. The summed E-state index contributed by atoms with van der Waals surface area (Å²) in [6, 6.07) is 3.88. The molecule has 1 aromatic rings. The Kier molecular flexibility index (Phi) is 2.58. The van der Waals surface area contributed by atoms with E-state index in [9.17, 15) is 4.79 Å². The standard InChI is InChI=1S/C15H19N3O/c19-15-14-10-17(7-11-3-4-11)8-12(14)9-18(15)13-2-1-5-16-6-13/h1-2,5-6,11-12,14H,3-4,7-10H2/t12-,14-/m0/s1. The number of anilines is 1. The van der Waals surface area contributed by atoms with Crippen molar-refractivity contribution in [3.8, 4) is 0 Å². The first-order valence-electron chi connectivity index (χ1n) is 7.25. The quantitative estimate of drug-likeness (QED) is 0.821. The van der Waals surface area contributed by atoms with Gasteiger partial charge < -0.3 is 9.80 Å². The molecule has 0 N–H and O–H groups in total. The summed E-state index contributed by atoms with van der Waals surface area (Å²) < 4.78 is 0. The Labute approximate surface area is 113 Å². The molecule has 2 aliphatic heterocycles. The first-order chi connectivity index (χ1) is 9.31. The summed E-state index contributed by atoms with van der Waals surface area (Å²) in [6.45, 7) is 4.16. The van der Waals surface area contributed by atoms with Crippen LogP contribution in [0.15, 0.2) is 24.5 Å². The van der Waals surface area contributed by atoms with Crippen molar-refractivity contribution in [3.63, 3.8) is 0 Å². The van der Waals surface area contributed by atoms with Crippen LogP contribution in [0.1, 0.15) is 12.8 Å². The highest BCUT2D eigenvalue weighted by Gasteiger charge is 2.47. The van der Waals surface area contributed by atoms with E-state index in [-0.39, 0.29) is 5.92 Å². The van der Waals surface area contributed by atoms with Crippen molar-refractivity contribution in [1.29, 1.82) is 0 Å². The molecule has 4 nitrogen and oxygen atoms in total. The van der Waals surface area contributed by atoms with Crippen LogP contribution in [-0.4, -0.2) is 42.0 Å². The minimum Gasteiger partial charge on any atom is -0.310 e. The van der Waals surface area contributed by atoms with Gasteiger partial charge in [-0.2, -0.15) is 0 Å². The molecule has 2 atom stereocenters. The van der Waals surface area contributed by atoms with Crippen LogP contribution in [0.2, 0.25) is 0 Å². The molecule has 4 rings (SSSR count). The van der Waals surface area contributed by atoms with Gasteiger partial charge in [0.1, 0.15) is 0 Å². The molecule has 3 heterocycles. The van der Waals surface area contributed by atoms with Crippen LogP contribution in [0.4, 0.5) is 5.69 Å². The number of nitrogens with zero attached hydrogens (tertiary/aromatic N) is 3. The van der Waals surface area contributed by atoms with E-state index >= 15 is 0 Å². The van der Waals surface area contributed by atoms with Crippen molar-refractivity contribution < 1.29 is 4.79 Å². The molecular weight excluding hydrogens is 238 g/mol. The van der Waals surface area contributed by atoms with Gasteiger partial charge in [-0.05, 0) is 30.9 Å². The number of likely N-dealkylation sites (tertiary alicyclic amines) is 1. The molecule has 2 saturated heterocycles. The summed E-state index contributed by atoms with van der Waals surface area (Å²) in [4.78, 5) is 21.1. The fraction of sp³-hybridized carbons (Fsp3) is 0.600. The van der Waals surface area contributed by atoms with E-state index in [1.54, 1.807) is 12.4 Å². The maximum absolute atomic E-state index is 12.5. The summed E-state index contributed by atoms with van der Waals surface area (Å²) in [7, 11) is 0. The van der Waals surface area contributed by atoms with Crippen LogP contribution in [0.3, 0.4) is 0 Å². The SMILES string of the molecule is O=C1[C@H]2CN(CC3CC3)C[C@H]2CN1c1cccnc1. The lowest BCUT2D eigenvalue weighted by Crippen LogP contribution is -2.33. The van der Waals surface area contributed by atoms with E-state index in [1.165, 1.54) is 19.4 Å². The second-order valence-corrected chi connectivity index (χ2v) is 6.19. The molecule has 3 fully saturated rings. The number of hydrogen-bond acceptors (Lipinski definition) is 3. The van der Waals surface area contributed by atoms with Gasteiger partial charge in [0.15, 0.2) is 0 Å². The summed E-state index contributed by atoms with van der Waals surface area (Å²) >= 11 is 0. The number of aromatic nitrogens is 1. The number of pyridine rings is 1. The third-order valence-corrected chi connectivity index (χ3v) is 4.69. The van der Waals surface area contributed by atoms with E-state index in [0.717, 1.165) is 31.2 Å². The van der Waals surface area contributed by atoms with Gasteiger partial charge in [-0.1, -0.05) is 0 Å². The van der Waals surface area contributed by atoms with Crippen molar-refractivity contribution in [2.75, 3.05) is 31.1 Å². The molecule has 0 bridgehead atoms. The maximum Gasteiger partial charge on any atom is 0.231 e. The number of carbonyl (C=O) groups is 1. The molecule has 1 amide bonds. The van der Waals surface area contributed by atoms with Crippen LogP contribution in [-0.2, 0) is 4.79 Å². The van der Waals surface area contributed by atoms with E-state index in [1.807, 2.05) is 17.0 Å². The highest BCUT2D eigenvalue weighted by Crippen LogP contribution is 2.37. The van der Waals surface area contributed by atoms with Crippen molar-refractivity contribution >= 4 is 11.6 Å². The molecule has 0 spiro atoms. The first-order valence-corrected chi connectivity index (χ1v) is 7.25. The zero-order valence-electron chi connectivity index (χ0n) is 11.0. The molecule has 1 aliphatic carbocycles. The molecule has 0 unspecified atom stereocenters. The predicted molar refractivity (Wildman–Crippen MR) is 72.7 cm³/mol. The van der Waals surface area contributed by atoms with Crippen molar-refractivity contribution in [1.82, 2.24) is 9.88 Å². The Bertz CT molecular complexity index is 485. The van der Waals surface area contributed by atoms with Crippen molar-refractivity contribution in [2.45, 2.75) is 12.8 Å². The lowest BCUT2D eigenvalue weighted by atomic mass is 10.0. The highest BCUT2D eigenvalue weighted by atomic mass is 16.2. The van der Waals surface area contributed by atoms with Crippen LogP contribution in [0.25, 0.3) is 0 Å². The number of hydrogen-bond donors (Lipinski definition) is 0. The van der Waals surface area contributed by atoms with E-state index in [4.69, 9.17) is 0 Å². The lowest BCUT2D eigenvalue weighted by molar-refractivity contribution is -0.120. The fourth-order valence-electron chi connectivity index (χ4n) is 3.51. The van der Waals surface area contributed by atoms with Gasteiger partial charge in [0, 0.05) is 38.3 Å². The number of rotatable bonds is 3. The second-order valence-electron chi connectivity index (χ2n) is 6.19. The largest absolute Gasteiger partial charge is 0.310 e. The van der Waals surface area contributed by atoms with Gasteiger partial charge in [0.05, 0.1) is 17.8 Å². The average molecular weight is 257 g/mol. The third kappa shape index (κ3) is 2.04. The maximum atomic E-state index is 12.5. The van der Waals surface area contributed by atoms with Crippen molar-refractivity contribution in [3.05, 3.63) is 24.5 Å². The van der Waals surface area contributed by atoms with Gasteiger partial charge in [-0.25, -0.2) is 0 Å². The minimum atomic E-state index is 0.221. The van der Waals surface area contributed by atoms with Crippen LogP contribution in [0.5, 0.6) is 0 Å². The van der Waals surface area contributed by atoms with Gasteiger partial charge >= 0.3 is 0 Å². The Hall–Kier alpha value is -1.42. The van der Waals surface area contributed by atoms with Crippen molar-refractivity contribution in [2.24, 2.45) is 17.8 Å². The zero-order chi connectivity index (χ0) is 12.8. The van der Waals surface area contributed by atoms with Gasteiger partial charge in [0.25, 0.3) is 0 Å². The first kappa shape index (κ1) is 11.4. The summed E-state index contributed by atoms with van der Waals surface area (Å²) in [6.07, 6.45) is 6.33. The number of amides is 1. The molecular formula is C15H19N3O. The molecule has 100 valence electrons. The average Bonchev–Trinajstić information content (AvgIpc) is 3.07. The van der Waals surface area contributed by atoms with E-state index in [2.05, 4.69) is 9.88 Å². The second kappa shape index (κ2) is 4.30. The molecule has 1 aromatic heterocycles.